The van der Waals surface area contributed by atoms with Gasteiger partial charge in [-0.1, -0.05) is 18.2 Å². The third kappa shape index (κ3) is 9.20. The maximum Gasteiger partial charge on any atom is 0.191 e. The standard InChI is InChI=1S/C20H31N5OS.HI/c1-5-21-20(22-11-10-18-15-27-16(2)24-18)23-14-17-8-6-7-9-19(17)26-13-12-25(3)4;/h6-9,15H,5,10-14H2,1-4H3,(H2,21,22,23);1H. The first kappa shape index (κ1) is 24.6. The first-order valence-corrected chi connectivity index (χ1v) is 10.2. The van der Waals surface area contributed by atoms with E-state index < -0.39 is 0 Å². The molecule has 1 heterocycles. The van der Waals surface area contributed by atoms with E-state index >= 15 is 0 Å². The van der Waals surface area contributed by atoms with Gasteiger partial charge in [-0.15, -0.1) is 35.3 Å². The van der Waals surface area contributed by atoms with Gasteiger partial charge in [0.2, 0.25) is 0 Å². The van der Waals surface area contributed by atoms with Crippen molar-refractivity contribution in [2.24, 2.45) is 4.99 Å². The van der Waals surface area contributed by atoms with Crippen LogP contribution in [0.5, 0.6) is 5.75 Å². The molecule has 0 saturated carbocycles. The Morgan fingerprint density at radius 3 is 2.71 bits per heavy atom. The quantitative estimate of drug-likeness (QED) is 0.288. The third-order valence-corrected chi connectivity index (χ3v) is 4.68. The fourth-order valence-electron chi connectivity index (χ4n) is 2.45. The second kappa shape index (κ2) is 13.7. The Balaban J connectivity index is 0.00000392. The molecule has 0 radical (unpaired) electrons. The van der Waals surface area contributed by atoms with Gasteiger partial charge < -0.3 is 20.3 Å². The molecule has 2 rings (SSSR count). The molecular weight excluding hydrogens is 485 g/mol. The lowest BCUT2D eigenvalue weighted by Crippen LogP contribution is -2.38. The van der Waals surface area contributed by atoms with Gasteiger partial charge in [0, 0.05) is 37.0 Å². The van der Waals surface area contributed by atoms with Crippen LogP contribution in [0.25, 0.3) is 0 Å². The van der Waals surface area contributed by atoms with Crippen LogP contribution in [0, 0.1) is 6.92 Å². The van der Waals surface area contributed by atoms with Gasteiger partial charge in [0.1, 0.15) is 12.4 Å². The molecule has 0 spiro atoms. The number of nitrogens with zero attached hydrogens (tertiary/aromatic N) is 3. The summed E-state index contributed by atoms with van der Waals surface area (Å²) < 4.78 is 5.92. The van der Waals surface area contributed by atoms with Crippen LogP contribution < -0.4 is 15.4 Å². The topological polar surface area (TPSA) is 61.8 Å². The predicted molar refractivity (Wildman–Crippen MR) is 129 cm³/mol. The number of rotatable bonds is 10. The van der Waals surface area contributed by atoms with Crippen molar-refractivity contribution in [2.75, 3.05) is 40.3 Å². The third-order valence-electron chi connectivity index (χ3n) is 3.86. The Labute approximate surface area is 189 Å². The minimum absolute atomic E-state index is 0. The van der Waals surface area contributed by atoms with Crippen LogP contribution in [0.4, 0.5) is 0 Å². The van der Waals surface area contributed by atoms with Gasteiger partial charge in [-0.2, -0.15) is 0 Å². The number of likely N-dealkylation sites (N-methyl/N-ethyl adjacent to an activating group) is 1. The zero-order valence-corrected chi connectivity index (χ0v) is 20.3. The first-order valence-electron chi connectivity index (χ1n) is 9.37. The van der Waals surface area contributed by atoms with Crippen LogP contribution in [0.15, 0.2) is 34.6 Å². The van der Waals surface area contributed by atoms with Crippen molar-refractivity contribution in [1.29, 1.82) is 0 Å². The molecule has 156 valence electrons. The Kier molecular flexibility index (Phi) is 12.1. The highest BCUT2D eigenvalue weighted by atomic mass is 127. The summed E-state index contributed by atoms with van der Waals surface area (Å²) in [5, 5.41) is 9.90. The SMILES string of the molecule is CCNC(=NCc1ccccc1OCCN(C)C)NCCc1csc(C)n1.I. The van der Waals surface area contributed by atoms with E-state index in [0.717, 1.165) is 54.0 Å². The summed E-state index contributed by atoms with van der Waals surface area (Å²) in [5.74, 6) is 1.71. The highest BCUT2D eigenvalue weighted by Crippen LogP contribution is 2.18. The summed E-state index contributed by atoms with van der Waals surface area (Å²) in [7, 11) is 4.09. The number of ether oxygens (including phenoxy) is 1. The van der Waals surface area contributed by atoms with E-state index in [2.05, 4.69) is 38.9 Å². The summed E-state index contributed by atoms with van der Waals surface area (Å²) >= 11 is 1.69. The van der Waals surface area contributed by atoms with Gasteiger partial charge in [0.15, 0.2) is 5.96 Å². The van der Waals surface area contributed by atoms with Crippen molar-refractivity contribution in [2.45, 2.75) is 26.8 Å². The smallest absolute Gasteiger partial charge is 0.191 e. The molecule has 0 fully saturated rings. The summed E-state index contributed by atoms with van der Waals surface area (Å²) in [4.78, 5) is 11.3. The van der Waals surface area contributed by atoms with Crippen LogP contribution in [-0.4, -0.2) is 56.2 Å². The summed E-state index contributed by atoms with van der Waals surface area (Å²) in [6.45, 7) is 7.85. The number of hydrogen-bond donors (Lipinski definition) is 2. The molecule has 8 heteroatoms. The second-order valence-electron chi connectivity index (χ2n) is 6.49. The average Bonchev–Trinajstić information content (AvgIpc) is 3.05. The number of hydrogen-bond acceptors (Lipinski definition) is 5. The van der Waals surface area contributed by atoms with E-state index in [1.807, 2.05) is 39.2 Å². The van der Waals surface area contributed by atoms with Crippen molar-refractivity contribution in [3.05, 3.63) is 45.9 Å². The lowest BCUT2D eigenvalue weighted by atomic mass is 10.2. The average molecular weight is 517 g/mol. The van der Waals surface area contributed by atoms with Crippen molar-refractivity contribution >= 4 is 41.3 Å². The van der Waals surface area contributed by atoms with Crippen molar-refractivity contribution in [3.8, 4) is 5.75 Å². The summed E-state index contributed by atoms with van der Waals surface area (Å²) in [6.07, 6.45) is 0.888. The highest BCUT2D eigenvalue weighted by molar-refractivity contribution is 14.0. The fourth-order valence-corrected chi connectivity index (χ4v) is 3.10. The number of aromatic nitrogens is 1. The molecule has 0 unspecified atom stereocenters. The zero-order chi connectivity index (χ0) is 19.5. The number of aliphatic imine (C=N–C) groups is 1. The molecule has 0 bridgehead atoms. The predicted octanol–water partition coefficient (Wildman–Crippen LogP) is 3.31. The molecule has 2 N–H and O–H groups in total. The maximum atomic E-state index is 5.92. The number of para-hydroxylation sites is 1. The number of benzene rings is 1. The van der Waals surface area contributed by atoms with Crippen LogP contribution in [0.3, 0.4) is 0 Å². The molecule has 0 amide bonds. The van der Waals surface area contributed by atoms with Crippen LogP contribution in [0.1, 0.15) is 23.2 Å². The Morgan fingerprint density at radius 2 is 2.04 bits per heavy atom. The minimum atomic E-state index is 0. The molecule has 1 aromatic heterocycles. The van der Waals surface area contributed by atoms with Gasteiger partial charge in [0.25, 0.3) is 0 Å². The van der Waals surface area contributed by atoms with Crippen LogP contribution >= 0.6 is 35.3 Å². The van der Waals surface area contributed by atoms with Crippen LogP contribution in [0.2, 0.25) is 0 Å². The van der Waals surface area contributed by atoms with Gasteiger partial charge in [-0.05, 0) is 34.0 Å². The lowest BCUT2D eigenvalue weighted by Gasteiger charge is -2.14. The van der Waals surface area contributed by atoms with E-state index in [0.29, 0.717) is 13.2 Å². The monoisotopic (exact) mass is 517 g/mol. The summed E-state index contributed by atoms with van der Waals surface area (Å²) in [6, 6.07) is 8.09. The zero-order valence-electron chi connectivity index (χ0n) is 17.2. The molecule has 2 aromatic rings. The largest absolute Gasteiger partial charge is 0.492 e. The number of halogens is 1. The molecule has 0 aliphatic rings. The van der Waals surface area contributed by atoms with Crippen LogP contribution in [-0.2, 0) is 13.0 Å². The van der Waals surface area contributed by atoms with Gasteiger partial charge >= 0.3 is 0 Å². The molecule has 28 heavy (non-hydrogen) atoms. The molecule has 1 aromatic carbocycles. The number of aryl methyl sites for hydroxylation is 1. The first-order chi connectivity index (χ1) is 13.1. The lowest BCUT2D eigenvalue weighted by molar-refractivity contribution is 0.259. The molecule has 6 nitrogen and oxygen atoms in total. The summed E-state index contributed by atoms with van der Waals surface area (Å²) in [5.41, 5.74) is 2.21. The van der Waals surface area contributed by atoms with Crippen molar-refractivity contribution in [1.82, 2.24) is 20.5 Å². The van der Waals surface area contributed by atoms with Crippen molar-refractivity contribution < 1.29 is 4.74 Å². The minimum Gasteiger partial charge on any atom is -0.492 e. The molecule has 0 atom stereocenters. The van der Waals surface area contributed by atoms with E-state index in [1.165, 1.54) is 0 Å². The number of thiazole rings is 1. The van der Waals surface area contributed by atoms with E-state index in [4.69, 9.17) is 9.73 Å². The number of nitrogens with one attached hydrogen (secondary N) is 2. The normalized spacial score (nSPS) is 11.2. The van der Waals surface area contributed by atoms with Gasteiger partial charge in [-0.25, -0.2) is 9.98 Å². The Morgan fingerprint density at radius 1 is 1.25 bits per heavy atom. The highest BCUT2D eigenvalue weighted by Gasteiger charge is 2.05. The molecule has 0 saturated heterocycles. The van der Waals surface area contributed by atoms with Crippen molar-refractivity contribution in [3.63, 3.8) is 0 Å². The van der Waals surface area contributed by atoms with E-state index in [9.17, 15) is 0 Å². The van der Waals surface area contributed by atoms with E-state index in [-0.39, 0.29) is 24.0 Å². The molecule has 0 aliphatic carbocycles. The fraction of sp³-hybridized carbons (Fsp3) is 0.500. The van der Waals surface area contributed by atoms with Gasteiger partial charge in [0.05, 0.1) is 17.2 Å². The number of guanidine groups is 1. The van der Waals surface area contributed by atoms with E-state index in [1.54, 1.807) is 11.3 Å². The Hall–Kier alpha value is -1.39. The Bertz CT molecular complexity index is 720. The maximum absolute atomic E-state index is 5.92. The second-order valence-corrected chi connectivity index (χ2v) is 7.55. The van der Waals surface area contributed by atoms with Gasteiger partial charge in [-0.3, -0.25) is 0 Å². The molecule has 0 aliphatic heterocycles. The molecular formula is C20H32IN5OS.